The lowest BCUT2D eigenvalue weighted by molar-refractivity contribution is 0.0275. The zero-order valence-electron chi connectivity index (χ0n) is 14.7. The van der Waals surface area contributed by atoms with Crippen LogP contribution in [0, 0.1) is 11.8 Å². The predicted molar refractivity (Wildman–Crippen MR) is 89.2 cm³/mol. The topological polar surface area (TPSA) is 53.9 Å². The molecule has 0 aromatic rings. The van der Waals surface area contributed by atoms with E-state index in [2.05, 4.69) is 24.2 Å². The van der Waals surface area contributed by atoms with Crippen molar-refractivity contribution < 1.29 is 9.53 Å². The highest BCUT2D eigenvalue weighted by molar-refractivity contribution is 5.88. The van der Waals surface area contributed by atoms with Gasteiger partial charge in [-0.3, -0.25) is 9.89 Å². The van der Waals surface area contributed by atoms with Gasteiger partial charge in [0.15, 0.2) is 0 Å². The Morgan fingerprint density at radius 1 is 1.27 bits per heavy atom. The van der Waals surface area contributed by atoms with Crippen LogP contribution >= 0.6 is 0 Å². The molecule has 0 aromatic carbocycles. The molecule has 0 bridgehead atoms. The molecule has 1 amide bonds. The fraction of sp³-hybridized carbons (Fsp3) is 0.882. The molecule has 22 heavy (non-hydrogen) atoms. The van der Waals surface area contributed by atoms with Crippen LogP contribution in [-0.4, -0.2) is 48.1 Å². The summed E-state index contributed by atoms with van der Waals surface area (Å²) >= 11 is 0. The molecule has 0 spiro atoms. The quantitative estimate of drug-likeness (QED) is 0.810. The van der Waals surface area contributed by atoms with Gasteiger partial charge in [-0.15, -0.1) is 0 Å². The molecular weight excluding hydrogens is 278 g/mol. The van der Waals surface area contributed by atoms with Crippen LogP contribution in [0.1, 0.15) is 53.9 Å². The van der Waals surface area contributed by atoms with E-state index in [1.807, 2.05) is 20.8 Å². The van der Waals surface area contributed by atoms with Gasteiger partial charge >= 0.3 is 6.09 Å². The van der Waals surface area contributed by atoms with Gasteiger partial charge in [-0.1, -0.05) is 13.8 Å². The predicted octanol–water partition coefficient (Wildman–Crippen LogP) is 3.05. The third-order valence-electron chi connectivity index (χ3n) is 4.63. The molecule has 3 unspecified atom stereocenters. The minimum atomic E-state index is -0.450. The standard InChI is InChI=1S/C17H31N3O2/c1-12-6-7-14(10-13(12)2)19-15-11-20(9-8-18-15)16(21)22-17(3,4)5/h12-14H,6-11H2,1-5H3,(H,18,19). The molecule has 1 aliphatic carbocycles. The summed E-state index contributed by atoms with van der Waals surface area (Å²) < 4.78 is 5.45. The molecule has 0 radical (unpaired) electrons. The molecule has 1 aliphatic heterocycles. The van der Waals surface area contributed by atoms with Crippen molar-refractivity contribution in [2.45, 2.75) is 65.5 Å². The summed E-state index contributed by atoms with van der Waals surface area (Å²) in [5, 5.41) is 3.56. The second kappa shape index (κ2) is 6.88. The summed E-state index contributed by atoms with van der Waals surface area (Å²) in [7, 11) is 0. The van der Waals surface area contributed by atoms with Crippen molar-refractivity contribution >= 4 is 11.9 Å². The fourth-order valence-electron chi connectivity index (χ4n) is 3.10. The van der Waals surface area contributed by atoms with E-state index < -0.39 is 5.60 Å². The van der Waals surface area contributed by atoms with Crippen molar-refractivity contribution in [2.75, 3.05) is 19.6 Å². The van der Waals surface area contributed by atoms with Crippen LogP contribution in [0.2, 0.25) is 0 Å². The van der Waals surface area contributed by atoms with Crippen molar-refractivity contribution in [3.63, 3.8) is 0 Å². The maximum atomic E-state index is 12.2. The fourth-order valence-corrected chi connectivity index (χ4v) is 3.10. The van der Waals surface area contributed by atoms with Crippen molar-refractivity contribution in [2.24, 2.45) is 16.8 Å². The molecule has 5 nitrogen and oxygen atoms in total. The van der Waals surface area contributed by atoms with Gasteiger partial charge in [0, 0.05) is 12.6 Å². The second-order valence-corrected chi connectivity index (χ2v) is 7.84. The smallest absolute Gasteiger partial charge is 0.410 e. The molecule has 0 saturated heterocycles. The average molecular weight is 309 g/mol. The van der Waals surface area contributed by atoms with Crippen molar-refractivity contribution in [3.8, 4) is 0 Å². The summed E-state index contributed by atoms with van der Waals surface area (Å²) in [6, 6.07) is 0.489. The van der Waals surface area contributed by atoms with Crippen LogP contribution in [0.5, 0.6) is 0 Å². The SMILES string of the molecule is CC1CCC(NC2=NCCN(C(=O)OC(C)(C)C)C2)CC1C. The Morgan fingerprint density at radius 3 is 2.64 bits per heavy atom. The molecule has 5 heteroatoms. The number of nitrogens with one attached hydrogen (secondary N) is 1. The van der Waals surface area contributed by atoms with Gasteiger partial charge in [-0.2, -0.15) is 0 Å². The van der Waals surface area contributed by atoms with Gasteiger partial charge in [-0.05, 0) is 51.9 Å². The number of hydrogen-bond acceptors (Lipinski definition) is 4. The van der Waals surface area contributed by atoms with Crippen molar-refractivity contribution in [1.29, 1.82) is 0 Å². The summed E-state index contributed by atoms with van der Waals surface area (Å²) in [4.78, 5) is 18.5. The van der Waals surface area contributed by atoms with Gasteiger partial charge in [0.2, 0.25) is 0 Å². The van der Waals surface area contributed by atoms with Crippen LogP contribution in [0.4, 0.5) is 4.79 Å². The van der Waals surface area contributed by atoms with Gasteiger partial charge in [0.05, 0.1) is 13.1 Å². The highest BCUT2D eigenvalue weighted by Crippen LogP contribution is 2.29. The maximum absolute atomic E-state index is 12.2. The molecule has 126 valence electrons. The lowest BCUT2D eigenvalue weighted by atomic mass is 9.79. The lowest BCUT2D eigenvalue weighted by Crippen LogP contribution is -2.50. The molecule has 3 atom stereocenters. The first-order valence-corrected chi connectivity index (χ1v) is 8.52. The molecule has 2 aliphatic rings. The van der Waals surface area contributed by atoms with Crippen LogP contribution in [0.25, 0.3) is 0 Å². The molecule has 2 rings (SSSR count). The largest absolute Gasteiger partial charge is 0.444 e. The highest BCUT2D eigenvalue weighted by Gasteiger charge is 2.28. The van der Waals surface area contributed by atoms with E-state index in [0.717, 1.165) is 17.7 Å². The Labute approximate surface area is 134 Å². The first-order chi connectivity index (χ1) is 10.2. The van der Waals surface area contributed by atoms with E-state index >= 15 is 0 Å². The van der Waals surface area contributed by atoms with E-state index in [1.54, 1.807) is 4.90 Å². The molecule has 1 heterocycles. The monoisotopic (exact) mass is 309 g/mol. The van der Waals surface area contributed by atoms with E-state index in [1.165, 1.54) is 19.3 Å². The van der Waals surface area contributed by atoms with E-state index in [0.29, 0.717) is 25.7 Å². The minimum absolute atomic E-state index is 0.243. The van der Waals surface area contributed by atoms with E-state index in [4.69, 9.17) is 4.74 Å². The Balaban J connectivity index is 1.86. The third-order valence-corrected chi connectivity index (χ3v) is 4.63. The van der Waals surface area contributed by atoms with Crippen LogP contribution in [0.15, 0.2) is 4.99 Å². The number of aliphatic imine (C=N–C) groups is 1. The van der Waals surface area contributed by atoms with Gasteiger partial charge < -0.3 is 10.1 Å². The second-order valence-electron chi connectivity index (χ2n) is 7.84. The summed E-state index contributed by atoms with van der Waals surface area (Å²) in [6.45, 7) is 12.2. The molecular formula is C17H31N3O2. The highest BCUT2D eigenvalue weighted by atomic mass is 16.6. The Morgan fingerprint density at radius 2 is 2.00 bits per heavy atom. The van der Waals surface area contributed by atoms with Crippen LogP contribution in [-0.2, 0) is 4.74 Å². The third kappa shape index (κ3) is 4.89. The van der Waals surface area contributed by atoms with Gasteiger partial charge in [0.1, 0.15) is 11.4 Å². The lowest BCUT2D eigenvalue weighted by Gasteiger charge is -2.35. The van der Waals surface area contributed by atoms with Gasteiger partial charge in [0.25, 0.3) is 0 Å². The first kappa shape index (κ1) is 17.1. The summed E-state index contributed by atoms with van der Waals surface area (Å²) in [5.41, 5.74) is -0.450. The van der Waals surface area contributed by atoms with Crippen molar-refractivity contribution in [3.05, 3.63) is 0 Å². The maximum Gasteiger partial charge on any atom is 0.410 e. The summed E-state index contributed by atoms with van der Waals surface area (Å²) in [5.74, 6) is 2.49. The number of amides is 1. The molecule has 1 saturated carbocycles. The summed E-state index contributed by atoms with van der Waals surface area (Å²) in [6.07, 6.45) is 3.40. The zero-order chi connectivity index (χ0) is 16.3. The van der Waals surface area contributed by atoms with E-state index in [9.17, 15) is 4.79 Å². The number of hydrogen-bond donors (Lipinski definition) is 1. The first-order valence-electron chi connectivity index (χ1n) is 8.52. The number of nitrogens with zero attached hydrogens (tertiary/aromatic N) is 2. The van der Waals surface area contributed by atoms with E-state index in [-0.39, 0.29) is 6.09 Å². The number of ether oxygens (including phenoxy) is 1. The number of amidine groups is 1. The van der Waals surface area contributed by atoms with Crippen LogP contribution < -0.4 is 5.32 Å². The van der Waals surface area contributed by atoms with Crippen LogP contribution in [0.3, 0.4) is 0 Å². The average Bonchev–Trinajstić information content (AvgIpc) is 2.41. The number of carbonyl (C=O) groups is 1. The Hall–Kier alpha value is -1.26. The molecule has 0 aromatic heterocycles. The minimum Gasteiger partial charge on any atom is -0.444 e. The van der Waals surface area contributed by atoms with Crippen molar-refractivity contribution in [1.82, 2.24) is 10.2 Å². The Kier molecular flexibility index (Phi) is 5.35. The number of carbonyl (C=O) groups excluding carboxylic acids is 1. The molecule has 1 N–H and O–H groups in total. The number of rotatable bonds is 1. The normalized spacial score (nSPS) is 29.8. The zero-order valence-corrected chi connectivity index (χ0v) is 14.7. The van der Waals surface area contributed by atoms with Gasteiger partial charge in [-0.25, -0.2) is 4.79 Å². The molecule has 1 fully saturated rings. The Bertz CT molecular complexity index is 428.